The van der Waals surface area contributed by atoms with Crippen molar-refractivity contribution in [1.82, 2.24) is 4.98 Å². The number of nitrogens with one attached hydrogen (secondary N) is 1. The van der Waals surface area contributed by atoms with Crippen LogP contribution in [0.15, 0.2) is 30.3 Å². The van der Waals surface area contributed by atoms with E-state index in [0.717, 1.165) is 6.07 Å². The van der Waals surface area contributed by atoms with Crippen molar-refractivity contribution in [2.24, 2.45) is 0 Å². The van der Waals surface area contributed by atoms with Crippen LogP contribution < -0.4 is 4.74 Å². The van der Waals surface area contributed by atoms with Gasteiger partial charge in [0.15, 0.2) is 11.9 Å². The van der Waals surface area contributed by atoms with E-state index in [-0.39, 0.29) is 12.1 Å². The first kappa shape index (κ1) is 16.6. The molecule has 3 heterocycles. The molecule has 2 unspecified atom stereocenters. The van der Waals surface area contributed by atoms with Gasteiger partial charge in [-0.25, -0.2) is 13.2 Å². The maximum atomic E-state index is 14.4. The fourth-order valence-electron chi connectivity index (χ4n) is 3.87. The lowest BCUT2D eigenvalue weighted by Crippen LogP contribution is -2.30. The highest BCUT2D eigenvalue weighted by Crippen LogP contribution is 2.48. The van der Waals surface area contributed by atoms with Crippen LogP contribution in [0.25, 0.3) is 22.2 Å². The first-order valence-electron chi connectivity index (χ1n) is 8.61. The summed E-state index contributed by atoms with van der Waals surface area (Å²) in [5.41, 5.74) is 1.89. The second kappa shape index (κ2) is 5.50. The van der Waals surface area contributed by atoms with Crippen LogP contribution in [0.1, 0.15) is 25.5 Å². The molecular weight excluding hydrogens is 359 g/mol. The second-order valence-corrected chi connectivity index (χ2v) is 7.27. The van der Waals surface area contributed by atoms with Crippen LogP contribution >= 0.6 is 0 Å². The number of rotatable bonds is 1. The Balaban J connectivity index is 1.76. The van der Waals surface area contributed by atoms with Crippen LogP contribution in [0, 0.1) is 17.5 Å². The van der Waals surface area contributed by atoms with Crippen LogP contribution in [0.3, 0.4) is 0 Å². The summed E-state index contributed by atoms with van der Waals surface area (Å²) in [6.07, 6.45) is -1.22. The summed E-state index contributed by atoms with van der Waals surface area (Å²) in [6, 6.07) is 6.21. The highest BCUT2D eigenvalue weighted by atomic mass is 19.1. The normalized spacial score (nSPS) is 23.1. The number of aromatic nitrogens is 1. The van der Waals surface area contributed by atoms with Crippen LogP contribution in [-0.2, 0) is 9.47 Å². The van der Waals surface area contributed by atoms with E-state index in [0.29, 0.717) is 28.0 Å². The molecule has 1 aromatic heterocycles. The van der Waals surface area contributed by atoms with E-state index in [4.69, 9.17) is 14.2 Å². The third-order valence-electron chi connectivity index (χ3n) is 4.98. The van der Waals surface area contributed by atoms with Crippen molar-refractivity contribution in [3.05, 3.63) is 53.3 Å². The zero-order chi connectivity index (χ0) is 18.9. The SMILES string of the molecule is CC1(C)OCC(C2Oc3cc(F)ccc3-c3[nH]c4c(F)cc(F)cc4c32)O1. The Kier molecular flexibility index (Phi) is 3.39. The molecule has 3 aromatic rings. The average Bonchev–Trinajstić information content (AvgIpc) is 3.14. The number of halogens is 3. The van der Waals surface area contributed by atoms with E-state index in [1.54, 1.807) is 19.9 Å². The van der Waals surface area contributed by atoms with Gasteiger partial charge < -0.3 is 19.2 Å². The molecule has 2 aromatic carbocycles. The third-order valence-corrected chi connectivity index (χ3v) is 4.98. The van der Waals surface area contributed by atoms with Crippen molar-refractivity contribution in [3.63, 3.8) is 0 Å². The van der Waals surface area contributed by atoms with Crippen molar-refractivity contribution < 1.29 is 27.4 Å². The van der Waals surface area contributed by atoms with Gasteiger partial charge in [0.25, 0.3) is 0 Å². The first-order chi connectivity index (χ1) is 12.8. The molecule has 1 N–H and O–H groups in total. The van der Waals surface area contributed by atoms with Crippen LogP contribution in [0.4, 0.5) is 13.2 Å². The fourth-order valence-corrected chi connectivity index (χ4v) is 3.87. The highest BCUT2D eigenvalue weighted by molar-refractivity contribution is 5.93. The lowest BCUT2D eigenvalue weighted by Gasteiger charge is -2.30. The van der Waals surface area contributed by atoms with Gasteiger partial charge in [0, 0.05) is 28.6 Å². The maximum absolute atomic E-state index is 14.4. The molecule has 140 valence electrons. The smallest absolute Gasteiger partial charge is 0.163 e. The van der Waals surface area contributed by atoms with Gasteiger partial charge in [0.05, 0.1) is 17.8 Å². The molecule has 0 aliphatic carbocycles. The average molecular weight is 375 g/mol. The molecule has 7 heteroatoms. The van der Waals surface area contributed by atoms with Gasteiger partial charge in [-0.3, -0.25) is 0 Å². The van der Waals surface area contributed by atoms with Crippen molar-refractivity contribution in [2.75, 3.05) is 6.61 Å². The van der Waals surface area contributed by atoms with Crippen LogP contribution in [0.2, 0.25) is 0 Å². The predicted molar refractivity (Wildman–Crippen MR) is 91.9 cm³/mol. The molecule has 2 aliphatic rings. The zero-order valence-electron chi connectivity index (χ0n) is 14.6. The minimum absolute atomic E-state index is 0.172. The molecular formula is C20H16F3NO3. The van der Waals surface area contributed by atoms with Crippen molar-refractivity contribution >= 4 is 10.9 Å². The summed E-state index contributed by atoms with van der Waals surface area (Å²) in [5, 5.41) is 0.371. The van der Waals surface area contributed by atoms with Gasteiger partial charge in [0.2, 0.25) is 0 Å². The minimum Gasteiger partial charge on any atom is -0.482 e. The molecule has 0 amide bonds. The summed E-state index contributed by atoms with van der Waals surface area (Å²) in [4.78, 5) is 3.02. The van der Waals surface area contributed by atoms with E-state index >= 15 is 0 Å². The monoisotopic (exact) mass is 375 g/mol. The summed E-state index contributed by atoms with van der Waals surface area (Å²) < 4.78 is 59.7. The van der Waals surface area contributed by atoms with Crippen molar-refractivity contribution in [3.8, 4) is 17.0 Å². The van der Waals surface area contributed by atoms with Gasteiger partial charge in [-0.05, 0) is 32.0 Å². The zero-order valence-corrected chi connectivity index (χ0v) is 14.6. The Morgan fingerprint density at radius 3 is 2.63 bits per heavy atom. The number of benzene rings is 2. The Hall–Kier alpha value is -2.51. The Bertz CT molecular complexity index is 1080. The predicted octanol–water partition coefficient (Wildman–Crippen LogP) is 4.84. The van der Waals surface area contributed by atoms with E-state index in [9.17, 15) is 13.2 Å². The molecule has 2 aliphatic heterocycles. The summed E-state index contributed by atoms with van der Waals surface area (Å²) in [7, 11) is 0. The molecule has 0 radical (unpaired) electrons. The van der Waals surface area contributed by atoms with Gasteiger partial charge in [0.1, 0.15) is 29.3 Å². The Labute approximate surface area is 152 Å². The number of fused-ring (bicyclic) bond motifs is 5. The van der Waals surface area contributed by atoms with Gasteiger partial charge in [-0.1, -0.05) is 0 Å². The third kappa shape index (κ3) is 2.53. The maximum Gasteiger partial charge on any atom is 0.163 e. The number of ether oxygens (including phenoxy) is 3. The van der Waals surface area contributed by atoms with Crippen LogP contribution in [-0.4, -0.2) is 23.5 Å². The molecule has 0 bridgehead atoms. The number of aromatic amines is 1. The van der Waals surface area contributed by atoms with Crippen LogP contribution in [0.5, 0.6) is 5.75 Å². The number of hydrogen-bond acceptors (Lipinski definition) is 3. The van der Waals surface area contributed by atoms with E-state index in [1.165, 1.54) is 18.2 Å². The molecule has 1 saturated heterocycles. The summed E-state index contributed by atoms with van der Waals surface area (Å²) in [5.74, 6) is -2.33. The molecule has 2 atom stereocenters. The molecule has 5 rings (SSSR count). The number of H-pyrrole nitrogens is 1. The van der Waals surface area contributed by atoms with Crippen molar-refractivity contribution in [1.29, 1.82) is 0 Å². The number of hydrogen-bond donors (Lipinski definition) is 1. The minimum atomic E-state index is -0.807. The molecule has 4 nitrogen and oxygen atoms in total. The van der Waals surface area contributed by atoms with E-state index in [2.05, 4.69) is 4.98 Å². The standard InChI is InChI=1S/C20H16F3NO3/c1-20(2)25-8-15(27-20)19-16-12-5-10(22)6-13(23)17(12)24-18(16)11-4-3-9(21)7-14(11)26-19/h3-7,15,19,24H,8H2,1-2H3. The molecule has 0 spiro atoms. The summed E-state index contributed by atoms with van der Waals surface area (Å²) >= 11 is 0. The Morgan fingerprint density at radius 1 is 1.07 bits per heavy atom. The quantitative estimate of drug-likeness (QED) is 0.662. The van der Waals surface area contributed by atoms with Gasteiger partial charge >= 0.3 is 0 Å². The molecule has 0 saturated carbocycles. The second-order valence-electron chi connectivity index (χ2n) is 7.27. The molecule has 27 heavy (non-hydrogen) atoms. The molecule has 1 fully saturated rings. The largest absolute Gasteiger partial charge is 0.482 e. The summed E-state index contributed by atoms with van der Waals surface area (Å²) in [6.45, 7) is 3.80. The van der Waals surface area contributed by atoms with Crippen molar-refractivity contribution in [2.45, 2.75) is 31.8 Å². The lowest BCUT2D eigenvalue weighted by molar-refractivity contribution is -0.149. The Morgan fingerprint density at radius 2 is 1.89 bits per heavy atom. The van der Waals surface area contributed by atoms with Gasteiger partial charge in [-0.2, -0.15) is 0 Å². The van der Waals surface area contributed by atoms with E-state index in [1.807, 2.05) is 0 Å². The lowest BCUT2D eigenvalue weighted by atomic mass is 9.94. The highest BCUT2D eigenvalue weighted by Gasteiger charge is 2.43. The van der Waals surface area contributed by atoms with E-state index < -0.39 is 35.4 Å². The fraction of sp³-hybridized carbons (Fsp3) is 0.300. The van der Waals surface area contributed by atoms with Gasteiger partial charge in [-0.15, -0.1) is 0 Å². The first-order valence-corrected chi connectivity index (χ1v) is 8.61. The topological polar surface area (TPSA) is 43.5 Å².